The predicted octanol–water partition coefficient (Wildman–Crippen LogP) is 3.25. The number of morpholine rings is 1. The van der Waals surface area contributed by atoms with E-state index in [0.29, 0.717) is 24.5 Å². The second kappa shape index (κ2) is 9.44. The Morgan fingerprint density at radius 3 is 2.48 bits per heavy atom. The number of benzene rings is 2. The molecule has 0 spiro atoms. The van der Waals surface area contributed by atoms with Crippen LogP contribution in [-0.4, -0.2) is 43.1 Å². The summed E-state index contributed by atoms with van der Waals surface area (Å²) in [5.41, 5.74) is 2.25. The lowest BCUT2D eigenvalue weighted by Crippen LogP contribution is -2.38. The van der Waals surface area contributed by atoms with Crippen molar-refractivity contribution >= 4 is 23.2 Å². The van der Waals surface area contributed by atoms with E-state index in [0.717, 1.165) is 18.8 Å². The average molecular weight is 420 g/mol. The Hall–Kier alpha value is -3.65. The first-order valence-corrected chi connectivity index (χ1v) is 10.2. The number of nitrogens with one attached hydrogen (secondary N) is 2. The van der Waals surface area contributed by atoms with E-state index in [2.05, 4.69) is 20.5 Å². The van der Waals surface area contributed by atoms with Crippen LogP contribution in [0.3, 0.4) is 0 Å². The van der Waals surface area contributed by atoms with Gasteiger partial charge in [-0.1, -0.05) is 30.3 Å². The molecule has 1 aliphatic rings. The third-order valence-corrected chi connectivity index (χ3v) is 5.00. The summed E-state index contributed by atoms with van der Waals surface area (Å²) in [6, 6.07) is 16.1. The SMILES string of the molecule is C[C@H](NC(=O)c1ccccc1N1CCOCC1)c1nc(C(=O)Nc2ccccc2)co1. The number of amides is 2. The van der Waals surface area contributed by atoms with Gasteiger partial charge in [0.05, 0.1) is 18.8 Å². The lowest BCUT2D eigenvalue weighted by Gasteiger charge is -2.30. The van der Waals surface area contributed by atoms with Gasteiger partial charge in [0, 0.05) is 24.5 Å². The molecule has 8 heteroatoms. The molecule has 2 aromatic carbocycles. The van der Waals surface area contributed by atoms with E-state index >= 15 is 0 Å². The molecule has 8 nitrogen and oxygen atoms in total. The molecule has 1 atom stereocenters. The van der Waals surface area contributed by atoms with Gasteiger partial charge >= 0.3 is 0 Å². The maximum absolute atomic E-state index is 13.0. The van der Waals surface area contributed by atoms with Crippen molar-refractivity contribution in [2.75, 3.05) is 36.5 Å². The fourth-order valence-corrected chi connectivity index (χ4v) is 3.39. The zero-order valence-electron chi connectivity index (χ0n) is 17.2. The molecule has 31 heavy (non-hydrogen) atoms. The summed E-state index contributed by atoms with van der Waals surface area (Å²) in [7, 11) is 0. The van der Waals surface area contributed by atoms with Gasteiger partial charge in [-0.25, -0.2) is 4.98 Å². The van der Waals surface area contributed by atoms with Crippen molar-refractivity contribution in [3.8, 4) is 0 Å². The molecular weight excluding hydrogens is 396 g/mol. The first-order valence-electron chi connectivity index (χ1n) is 10.2. The minimum atomic E-state index is -0.511. The topological polar surface area (TPSA) is 96.7 Å². The van der Waals surface area contributed by atoms with Gasteiger partial charge in [-0.3, -0.25) is 9.59 Å². The highest BCUT2D eigenvalue weighted by molar-refractivity contribution is 6.02. The smallest absolute Gasteiger partial charge is 0.277 e. The first-order chi connectivity index (χ1) is 15.1. The van der Waals surface area contributed by atoms with E-state index in [9.17, 15) is 9.59 Å². The number of oxazole rings is 1. The van der Waals surface area contributed by atoms with Gasteiger partial charge in [-0.05, 0) is 31.2 Å². The zero-order valence-corrected chi connectivity index (χ0v) is 17.2. The van der Waals surface area contributed by atoms with E-state index in [4.69, 9.17) is 9.15 Å². The fraction of sp³-hybridized carbons (Fsp3) is 0.261. The zero-order chi connectivity index (χ0) is 21.6. The van der Waals surface area contributed by atoms with Crippen LogP contribution in [0.1, 0.15) is 39.7 Å². The monoisotopic (exact) mass is 420 g/mol. The molecule has 2 amide bonds. The number of carbonyl (C=O) groups excluding carboxylic acids is 2. The third-order valence-electron chi connectivity index (χ3n) is 5.00. The highest BCUT2D eigenvalue weighted by Crippen LogP contribution is 2.23. The lowest BCUT2D eigenvalue weighted by atomic mass is 10.1. The van der Waals surface area contributed by atoms with Gasteiger partial charge in [-0.15, -0.1) is 0 Å². The van der Waals surface area contributed by atoms with Gasteiger partial charge in [0.15, 0.2) is 5.69 Å². The molecule has 1 aromatic heterocycles. The van der Waals surface area contributed by atoms with Crippen molar-refractivity contribution in [2.45, 2.75) is 13.0 Å². The second-order valence-electron chi connectivity index (χ2n) is 7.20. The summed E-state index contributed by atoms with van der Waals surface area (Å²) in [4.78, 5) is 31.7. The number of nitrogens with zero attached hydrogens (tertiary/aromatic N) is 2. The number of para-hydroxylation sites is 2. The van der Waals surface area contributed by atoms with Gasteiger partial charge in [-0.2, -0.15) is 0 Å². The lowest BCUT2D eigenvalue weighted by molar-refractivity contribution is 0.0932. The van der Waals surface area contributed by atoms with Crippen LogP contribution in [0, 0.1) is 0 Å². The molecule has 4 rings (SSSR count). The van der Waals surface area contributed by atoms with Crippen LogP contribution in [0.2, 0.25) is 0 Å². The molecule has 3 aromatic rings. The Labute approximate surface area is 180 Å². The number of hydrogen-bond donors (Lipinski definition) is 2. The summed E-state index contributed by atoms with van der Waals surface area (Å²) in [6.07, 6.45) is 1.29. The van der Waals surface area contributed by atoms with Gasteiger partial charge in [0.25, 0.3) is 11.8 Å². The molecule has 0 unspecified atom stereocenters. The Morgan fingerprint density at radius 1 is 1.00 bits per heavy atom. The van der Waals surface area contributed by atoms with Crippen LogP contribution in [-0.2, 0) is 4.74 Å². The summed E-state index contributed by atoms with van der Waals surface area (Å²) in [5, 5.41) is 5.67. The number of ether oxygens (including phenoxy) is 1. The minimum Gasteiger partial charge on any atom is -0.446 e. The van der Waals surface area contributed by atoms with Crippen LogP contribution in [0.15, 0.2) is 65.3 Å². The third kappa shape index (κ3) is 4.92. The molecule has 0 aliphatic carbocycles. The van der Waals surface area contributed by atoms with Gasteiger partial charge in [0.2, 0.25) is 5.89 Å². The molecule has 0 saturated carbocycles. The standard InChI is InChI=1S/C23H24N4O4/c1-16(23-26-19(15-31-23)22(29)25-17-7-3-2-4-8-17)24-21(28)18-9-5-6-10-20(18)27-11-13-30-14-12-27/h2-10,15-16H,11-14H2,1H3,(H,24,28)(H,25,29)/t16-/m0/s1. The molecule has 2 heterocycles. The Morgan fingerprint density at radius 2 is 1.71 bits per heavy atom. The van der Waals surface area contributed by atoms with Gasteiger partial charge < -0.3 is 24.7 Å². The van der Waals surface area contributed by atoms with Crippen LogP contribution in [0.4, 0.5) is 11.4 Å². The molecule has 2 N–H and O–H groups in total. The predicted molar refractivity (Wildman–Crippen MR) is 116 cm³/mol. The minimum absolute atomic E-state index is 0.147. The molecule has 0 radical (unpaired) electrons. The Bertz CT molecular complexity index is 1040. The maximum Gasteiger partial charge on any atom is 0.277 e. The molecule has 1 aliphatic heterocycles. The van der Waals surface area contributed by atoms with E-state index in [1.54, 1.807) is 25.1 Å². The summed E-state index contributed by atoms with van der Waals surface area (Å²) in [6.45, 7) is 4.51. The second-order valence-corrected chi connectivity index (χ2v) is 7.20. The normalized spacial score (nSPS) is 14.7. The van der Waals surface area contributed by atoms with Crippen molar-refractivity contribution in [3.63, 3.8) is 0 Å². The number of anilines is 2. The first kappa shape index (κ1) is 20.6. The summed E-state index contributed by atoms with van der Waals surface area (Å²) >= 11 is 0. The van der Waals surface area contributed by atoms with E-state index in [1.165, 1.54) is 6.26 Å². The van der Waals surface area contributed by atoms with Crippen LogP contribution < -0.4 is 15.5 Å². The Kier molecular flexibility index (Phi) is 6.28. The molecule has 1 saturated heterocycles. The number of carbonyl (C=O) groups is 2. The highest BCUT2D eigenvalue weighted by Gasteiger charge is 2.22. The fourth-order valence-electron chi connectivity index (χ4n) is 3.39. The van der Waals surface area contributed by atoms with Crippen molar-refractivity contribution in [1.82, 2.24) is 10.3 Å². The van der Waals surface area contributed by atoms with Crippen LogP contribution in [0.25, 0.3) is 0 Å². The van der Waals surface area contributed by atoms with E-state index < -0.39 is 6.04 Å². The number of hydrogen-bond acceptors (Lipinski definition) is 6. The van der Waals surface area contributed by atoms with Crippen LogP contribution >= 0.6 is 0 Å². The van der Waals surface area contributed by atoms with E-state index in [-0.39, 0.29) is 23.4 Å². The summed E-state index contributed by atoms with van der Waals surface area (Å²) in [5.74, 6) is -0.351. The number of aromatic nitrogens is 1. The van der Waals surface area contributed by atoms with Crippen LogP contribution in [0.5, 0.6) is 0 Å². The van der Waals surface area contributed by atoms with Gasteiger partial charge in [0.1, 0.15) is 12.3 Å². The molecule has 1 fully saturated rings. The Balaban J connectivity index is 1.43. The van der Waals surface area contributed by atoms with E-state index in [1.807, 2.05) is 36.4 Å². The molecule has 160 valence electrons. The largest absolute Gasteiger partial charge is 0.446 e. The average Bonchev–Trinajstić information content (AvgIpc) is 3.31. The van der Waals surface area contributed by atoms with Crippen molar-refractivity contribution < 1.29 is 18.7 Å². The molecular formula is C23H24N4O4. The maximum atomic E-state index is 13.0. The summed E-state index contributed by atoms with van der Waals surface area (Å²) < 4.78 is 10.9. The number of rotatable bonds is 6. The molecule has 0 bridgehead atoms. The van der Waals surface area contributed by atoms with Crippen molar-refractivity contribution in [3.05, 3.63) is 78.0 Å². The highest BCUT2D eigenvalue weighted by atomic mass is 16.5. The van der Waals surface area contributed by atoms with Crippen molar-refractivity contribution in [2.24, 2.45) is 0 Å². The van der Waals surface area contributed by atoms with Crippen molar-refractivity contribution in [1.29, 1.82) is 0 Å². The quantitative estimate of drug-likeness (QED) is 0.635.